The maximum absolute atomic E-state index is 8.30. The Hall–Kier alpha value is 1.19. The fraction of sp³-hybridized carbons (Fsp3) is 0.938. The Bertz CT molecular complexity index is 282. The summed E-state index contributed by atoms with van der Waals surface area (Å²) in [4.78, 5) is 0. The zero-order chi connectivity index (χ0) is 30.0. The Morgan fingerprint density at radius 3 is 0.475 bits per heavy atom. The SMILES string of the molecule is CC1C(C)C(C)C(C)C1C.CC1C(C)C(C)C(C)C1C.CO.CO.CO.CO.OCCCCCCO.[CH3-].[CH3-].[Ti].[Ti]. The van der Waals surface area contributed by atoms with Crippen molar-refractivity contribution >= 4 is 0 Å². The van der Waals surface area contributed by atoms with E-state index in [0.29, 0.717) is 0 Å². The fourth-order valence-corrected chi connectivity index (χ4v) is 5.37. The third kappa shape index (κ3) is 26.8. The molecular formula is C32H76O6Ti2-2. The molecule has 0 spiro atoms. The standard InChI is InChI=1S/2C10H20.C6H14O2.4CH4O.2CH3.2Ti/c2*1-6-7(2)9(4)10(5)8(6)3;7-5-3-1-2-4-6-8;4*1-2;;;;/h2*6-10H,1-5H3;7-8H,1-6H2;4*2H,1H3;2*1H3;;/q;;;;;;;2*-1;;. The second-order valence-electron chi connectivity index (χ2n) is 10.5. The van der Waals surface area contributed by atoms with Gasteiger partial charge in [-0.15, -0.1) is 0 Å². The second-order valence-corrected chi connectivity index (χ2v) is 10.5. The quantitative estimate of drug-likeness (QED) is 0.119. The summed E-state index contributed by atoms with van der Waals surface area (Å²) in [6.07, 6.45) is 3.83. The Kier molecular flexibility index (Phi) is 71.6. The van der Waals surface area contributed by atoms with Gasteiger partial charge in [0.15, 0.2) is 0 Å². The maximum atomic E-state index is 8.30. The predicted molar refractivity (Wildman–Crippen MR) is 170 cm³/mol. The van der Waals surface area contributed by atoms with E-state index in [4.69, 9.17) is 30.6 Å². The summed E-state index contributed by atoms with van der Waals surface area (Å²) in [7, 11) is 4.00. The van der Waals surface area contributed by atoms with Crippen LogP contribution in [0.4, 0.5) is 0 Å². The van der Waals surface area contributed by atoms with Crippen LogP contribution in [0, 0.1) is 74.0 Å². The minimum Gasteiger partial charge on any atom is -0.400 e. The molecule has 0 aromatic carbocycles. The van der Waals surface area contributed by atoms with Gasteiger partial charge >= 0.3 is 0 Å². The van der Waals surface area contributed by atoms with Crippen LogP contribution < -0.4 is 0 Å². The number of unbranched alkanes of at least 4 members (excludes halogenated alkanes) is 3. The first-order chi connectivity index (χ1) is 17.0. The molecule has 0 heterocycles. The number of aliphatic hydroxyl groups excluding tert-OH is 6. The van der Waals surface area contributed by atoms with Gasteiger partial charge in [-0.25, -0.2) is 0 Å². The number of aliphatic hydroxyl groups is 6. The molecule has 6 N–H and O–H groups in total. The molecule has 250 valence electrons. The van der Waals surface area contributed by atoms with Crippen LogP contribution in [-0.2, 0) is 43.4 Å². The van der Waals surface area contributed by atoms with Crippen molar-refractivity contribution in [1.29, 1.82) is 0 Å². The van der Waals surface area contributed by atoms with Crippen LogP contribution in [0.1, 0.15) is 94.9 Å². The van der Waals surface area contributed by atoms with Gasteiger partial charge in [-0.1, -0.05) is 82.1 Å². The zero-order valence-corrected chi connectivity index (χ0v) is 32.8. The summed E-state index contributed by atoms with van der Waals surface area (Å²) in [6, 6.07) is 0. The molecule has 0 unspecified atom stereocenters. The van der Waals surface area contributed by atoms with E-state index in [1.165, 1.54) is 0 Å². The average Bonchev–Trinajstić information content (AvgIpc) is 3.21. The van der Waals surface area contributed by atoms with Crippen LogP contribution in [0.15, 0.2) is 0 Å². The molecule has 0 radical (unpaired) electrons. The summed E-state index contributed by atoms with van der Waals surface area (Å²) in [5.41, 5.74) is 0. The van der Waals surface area contributed by atoms with Crippen molar-refractivity contribution in [2.75, 3.05) is 41.7 Å². The van der Waals surface area contributed by atoms with Gasteiger partial charge in [0.25, 0.3) is 0 Å². The summed E-state index contributed by atoms with van der Waals surface area (Å²) in [6.45, 7) is 24.5. The van der Waals surface area contributed by atoms with Crippen molar-refractivity contribution in [1.82, 2.24) is 0 Å². The Labute approximate surface area is 283 Å². The summed E-state index contributed by atoms with van der Waals surface area (Å²) >= 11 is 0. The van der Waals surface area contributed by atoms with E-state index in [9.17, 15) is 0 Å². The number of hydrogen-bond donors (Lipinski definition) is 6. The third-order valence-corrected chi connectivity index (χ3v) is 9.36. The topological polar surface area (TPSA) is 121 Å². The Balaban J connectivity index is -0.0000000439. The first-order valence-corrected chi connectivity index (χ1v) is 14.0. The van der Waals surface area contributed by atoms with E-state index in [-0.39, 0.29) is 71.5 Å². The molecule has 0 aliphatic heterocycles. The minimum atomic E-state index is 0. The van der Waals surface area contributed by atoms with E-state index in [1.54, 1.807) is 0 Å². The van der Waals surface area contributed by atoms with Gasteiger partial charge in [0.05, 0.1) is 0 Å². The van der Waals surface area contributed by atoms with E-state index in [1.807, 2.05) is 0 Å². The van der Waals surface area contributed by atoms with Gasteiger partial charge in [-0.05, 0) is 72.0 Å². The van der Waals surface area contributed by atoms with Crippen molar-refractivity contribution in [3.8, 4) is 0 Å². The van der Waals surface area contributed by atoms with Gasteiger partial charge in [-0.2, -0.15) is 0 Å². The molecule has 40 heavy (non-hydrogen) atoms. The van der Waals surface area contributed by atoms with E-state index >= 15 is 0 Å². The molecule has 2 aliphatic carbocycles. The maximum Gasteiger partial charge on any atom is 0.0431 e. The van der Waals surface area contributed by atoms with Crippen LogP contribution in [0.3, 0.4) is 0 Å². The van der Waals surface area contributed by atoms with Crippen LogP contribution in [0.5, 0.6) is 0 Å². The molecule has 0 bridgehead atoms. The second kappa shape index (κ2) is 44.6. The molecule has 2 fully saturated rings. The molecule has 2 saturated carbocycles. The van der Waals surface area contributed by atoms with Crippen LogP contribution in [0.25, 0.3) is 0 Å². The minimum absolute atomic E-state index is 0. The molecule has 8 heteroatoms. The van der Waals surface area contributed by atoms with E-state index < -0.39 is 0 Å². The smallest absolute Gasteiger partial charge is 0.0431 e. The third-order valence-electron chi connectivity index (χ3n) is 9.36. The Morgan fingerprint density at radius 1 is 0.300 bits per heavy atom. The zero-order valence-electron chi connectivity index (χ0n) is 29.7. The van der Waals surface area contributed by atoms with E-state index in [0.717, 1.165) is 113 Å². The molecule has 0 saturated heterocycles. The molecular weight excluding hydrogens is 576 g/mol. The van der Waals surface area contributed by atoms with Crippen LogP contribution in [0.2, 0.25) is 0 Å². The Morgan fingerprint density at radius 2 is 0.400 bits per heavy atom. The fourth-order valence-electron chi connectivity index (χ4n) is 5.37. The molecule has 0 atom stereocenters. The van der Waals surface area contributed by atoms with Gasteiger partial charge in [0, 0.05) is 85.1 Å². The first-order valence-electron chi connectivity index (χ1n) is 14.0. The largest absolute Gasteiger partial charge is 0.400 e. The molecule has 6 nitrogen and oxygen atoms in total. The van der Waals surface area contributed by atoms with Crippen LogP contribution >= 0.6 is 0 Å². The molecule has 0 aromatic rings. The van der Waals surface area contributed by atoms with Crippen molar-refractivity contribution in [3.05, 3.63) is 14.9 Å². The number of rotatable bonds is 5. The van der Waals surface area contributed by atoms with Crippen molar-refractivity contribution < 1.29 is 74.1 Å². The molecule has 0 aromatic heterocycles. The van der Waals surface area contributed by atoms with Crippen molar-refractivity contribution in [2.45, 2.75) is 94.9 Å². The van der Waals surface area contributed by atoms with Gasteiger partial charge in [0.2, 0.25) is 0 Å². The normalized spacial score (nSPS) is 30.3. The molecule has 0 amide bonds. The predicted octanol–water partition coefficient (Wildman–Crippen LogP) is 6.22. The number of hydrogen-bond acceptors (Lipinski definition) is 6. The summed E-state index contributed by atoms with van der Waals surface area (Å²) in [5, 5.41) is 44.6. The van der Waals surface area contributed by atoms with Gasteiger partial charge < -0.3 is 45.5 Å². The van der Waals surface area contributed by atoms with Crippen LogP contribution in [-0.4, -0.2) is 72.3 Å². The van der Waals surface area contributed by atoms with Gasteiger partial charge in [0.1, 0.15) is 0 Å². The van der Waals surface area contributed by atoms with Crippen molar-refractivity contribution in [3.63, 3.8) is 0 Å². The average molecular weight is 653 g/mol. The monoisotopic (exact) mass is 652 g/mol. The van der Waals surface area contributed by atoms with Gasteiger partial charge in [-0.3, -0.25) is 0 Å². The van der Waals surface area contributed by atoms with E-state index in [2.05, 4.69) is 69.2 Å². The molecule has 2 aliphatic rings. The molecule has 2 rings (SSSR count). The first kappa shape index (κ1) is 64.2. The van der Waals surface area contributed by atoms with Crippen molar-refractivity contribution in [2.24, 2.45) is 59.2 Å². The summed E-state index contributed by atoms with van der Waals surface area (Å²) < 4.78 is 0. The summed E-state index contributed by atoms with van der Waals surface area (Å²) in [5.74, 6) is 9.35.